The summed E-state index contributed by atoms with van der Waals surface area (Å²) in [6.07, 6.45) is -0.766. The Balaban J connectivity index is 2.18. The van der Waals surface area contributed by atoms with Gasteiger partial charge in [-0.3, -0.25) is 0 Å². The molecule has 0 saturated heterocycles. The summed E-state index contributed by atoms with van der Waals surface area (Å²) in [5.74, 6) is 0.565. The van der Waals surface area contributed by atoms with Gasteiger partial charge in [-0.2, -0.15) is 0 Å². The van der Waals surface area contributed by atoms with Crippen LogP contribution in [0.25, 0.3) is 21.7 Å². The number of esters is 1. The van der Waals surface area contributed by atoms with Crippen molar-refractivity contribution in [3.8, 4) is 11.5 Å². The fourth-order valence-electron chi connectivity index (χ4n) is 2.75. The fraction of sp³-hybridized carbons (Fsp3) is 0.263. The first kappa shape index (κ1) is 16.8. The van der Waals surface area contributed by atoms with Crippen molar-refractivity contribution in [2.45, 2.75) is 20.0 Å². The van der Waals surface area contributed by atoms with E-state index in [1.807, 2.05) is 6.07 Å². The third-order valence-electron chi connectivity index (χ3n) is 4.12. The van der Waals surface area contributed by atoms with Crippen LogP contribution in [0.3, 0.4) is 0 Å². The lowest BCUT2D eigenvalue weighted by Crippen LogP contribution is -2.25. The Kier molecular flexibility index (Phi) is 4.35. The van der Waals surface area contributed by atoms with Gasteiger partial charge in [0, 0.05) is 16.3 Å². The number of aryl methyl sites for hydroxylation is 1. The molecule has 2 aromatic carbocycles. The zero-order chi connectivity index (χ0) is 18.1. The Morgan fingerprint density at radius 1 is 1.08 bits per heavy atom. The second kappa shape index (κ2) is 6.47. The van der Waals surface area contributed by atoms with Crippen LogP contribution in [0.5, 0.6) is 11.5 Å². The van der Waals surface area contributed by atoms with Gasteiger partial charge in [-0.25, -0.2) is 9.59 Å². The van der Waals surface area contributed by atoms with Crippen molar-refractivity contribution in [2.75, 3.05) is 14.2 Å². The summed E-state index contributed by atoms with van der Waals surface area (Å²) in [5.41, 5.74) is 0.614. The van der Waals surface area contributed by atoms with Gasteiger partial charge in [-0.1, -0.05) is 0 Å². The molecule has 3 rings (SSSR count). The fourth-order valence-corrected chi connectivity index (χ4v) is 2.75. The van der Waals surface area contributed by atoms with Gasteiger partial charge in [0.15, 0.2) is 6.10 Å². The number of benzene rings is 2. The minimum atomic E-state index is -0.766. The van der Waals surface area contributed by atoms with Crippen molar-refractivity contribution >= 4 is 27.7 Å². The predicted octanol–water partition coefficient (Wildman–Crippen LogP) is 3.20. The summed E-state index contributed by atoms with van der Waals surface area (Å²) >= 11 is 0. The van der Waals surface area contributed by atoms with E-state index in [4.69, 9.17) is 13.9 Å². The molecule has 3 aromatic rings. The first-order chi connectivity index (χ1) is 12.0. The molecule has 130 valence electrons. The van der Waals surface area contributed by atoms with E-state index in [0.717, 1.165) is 10.8 Å². The molecule has 6 nitrogen and oxygen atoms in total. The van der Waals surface area contributed by atoms with E-state index < -0.39 is 17.7 Å². The zero-order valence-electron chi connectivity index (χ0n) is 14.4. The van der Waals surface area contributed by atoms with E-state index in [0.29, 0.717) is 28.0 Å². The molecular formula is C19H18O6. The number of carbonyl (C=O) groups is 1. The zero-order valence-corrected chi connectivity index (χ0v) is 14.4. The molecule has 0 radical (unpaired) electrons. The largest absolute Gasteiger partial charge is 0.497 e. The maximum atomic E-state index is 12.4. The number of ether oxygens (including phenoxy) is 3. The number of methoxy groups -OCH3 is 2. The minimum absolute atomic E-state index is 0.428. The van der Waals surface area contributed by atoms with Crippen LogP contribution in [-0.2, 0) is 9.53 Å². The molecule has 0 spiro atoms. The smallest absolute Gasteiger partial charge is 0.346 e. The van der Waals surface area contributed by atoms with Crippen LogP contribution in [0.4, 0.5) is 0 Å². The van der Waals surface area contributed by atoms with Gasteiger partial charge in [0.05, 0.1) is 19.6 Å². The van der Waals surface area contributed by atoms with E-state index in [1.165, 1.54) is 7.11 Å². The number of rotatable bonds is 4. The highest BCUT2D eigenvalue weighted by Gasteiger charge is 2.18. The first-order valence-electron chi connectivity index (χ1n) is 7.75. The van der Waals surface area contributed by atoms with Gasteiger partial charge in [0.2, 0.25) is 0 Å². The average molecular weight is 342 g/mol. The first-order valence-corrected chi connectivity index (χ1v) is 7.75. The highest BCUT2D eigenvalue weighted by Crippen LogP contribution is 2.32. The molecule has 0 amide bonds. The summed E-state index contributed by atoms with van der Waals surface area (Å²) in [6.45, 7) is 3.37. The van der Waals surface area contributed by atoms with Crippen molar-refractivity contribution in [1.82, 2.24) is 0 Å². The van der Waals surface area contributed by atoms with E-state index in [1.54, 1.807) is 45.2 Å². The lowest BCUT2D eigenvalue weighted by molar-refractivity contribution is -0.147. The third kappa shape index (κ3) is 2.91. The van der Waals surface area contributed by atoms with Crippen molar-refractivity contribution in [2.24, 2.45) is 0 Å². The average Bonchev–Trinajstić information content (AvgIpc) is 2.63. The molecule has 0 saturated carbocycles. The van der Waals surface area contributed by atoms with Gasteiger partial charge in [0.1, 0.15) is 17.1 Å². The number of fused-ring (bicyclic) bond motifs is 3. The van der Waals surface area contributed by atoms with Crippen molar-refractivity contribution in [3.63, 3.8) is 0 Å². The number of hydrogen-bond acceptors (Lipinski definition) is 6. The molecule has 1 aromatic heterocycles. The second-order valence-electron chi connectivity index (χ2n) is 5.65. The standard InChI is InChI=1S/C19H18O6/c1-10-16(24-11(2)18(20)23-4)8-7-14-13-6-5-12(22-3)9-15(13)19(21)25-17(10)14/h5-9,11H,1-4H3/t11-/m1/s1. The number of hydrogen-bond donors (Lipinski definition) is 0. The summed E-state index contributed by atoms with van der Waals surface area (Å²) in [7, 11) is 2.84. The molecule has 0 unspecified atom stereocenters. The lowest BCUT2D eigenvalue weighted by Gasteiger charge is -2.15. The minimum Gasteiger partial charge on any atom is -0.497 e. The van der Waals surface area contributed by atoms with Gasteiger partial charge in [-0.15, -0.1) is 0 Å². The van der Waals surface area contributed by atoms with Crippen molar-refractivity contribution in [1.29, 1.82) is 0 Å². The highest BCUT2D eigenvalue weighted by molar-refractivity contribution is 6.06. The SMILES string of the molecule is COC(=O)[C@@H](C)Oc1ccc2c(oc(=O)c3cc(OC)ccc32)c1C. The van der Waals surface area contributed by atoms with Gasteiger partial charge >= 0.3 is 11.6 Å². The molecule has 0 aliphatic heterocycles. The maximum Gasteiger partial charge on any atom is 0.346 e. The van der Waals surface area contributed by atoms with Crippen molar-refractivity contribution in [3.05, 3.63) is 46.3 Å². The Morgan fingerprint density at radius 3 is 2.48 bits per heavy atom. The Hall–Kier alpha value is -3.02. The Morgan fingerprint density at radius 2 is 1.80 bits per heavy atom. The summed E-state index contributed by atoms with van der Waals surface area (Å²) in [6, 6.07) is 8.82. The third-order valence-corrected chi connectivity index (χ3v) is 4.12. The maximum absolute atomic E-state index is 12.4. The summed E-state index contributed by atoms with van der Waals surface area (Å²) in [4.78, 5) is 23.9. The molecule has 0 bridgehead atoms. The quantitative estimate of drug-likeness (QED) is 0.412. The second-order valence-corrected chi connectivity index (χ2v) is 5.65. The highest BCUT2D eigenvalue weighted by atomic mass is 16.6. The molecule has 1 heterocycles. The van der Waals surface area contributed by atoms with E-state index >= 15 is 0 Å². The molecular weight excluding hydrogens is 324 g/mol. The molecule has 6 heteroatoms. The molecule has 0 aliphatic carbocycles. The van der Waals surface area contributed by atoms with Crippen LogP contribution in [0.15, 0.2) is 39.5 Å². The Bertz CT molecular complexity index is 1020. The topological polar surface area (TPSA) is 75.0 Å². The molecule has 0 aliphatic rings. The van der Waals surface area contributed by atoms with Crippen molar-refractivity contribution < 1.29 is 23.4 Å². The summed E-state index contributed by atoms with van der Waals surface area (Å²) in [5, 5.41) is 2.00. The van der Waals surface area contributed by atoms with Crippen LogP contribution in [0, 0.1) is 6.92 Å². The van der Waals surface area contributed by atoms with Gasteiger partial charge in [0.25, 0.3) is 0 Å². The van der Waals surface area contributed by atoms with Crippen LogP contribution in [-0.4, -0.2) is 26.3 Å². The van der Waals surface area contributed by atoms with Crippen LogP contribution >= 0.6 is 0 Å². The molecule has 0 N–H and O–H groups in total. The van der Waals surface area contributed by atoms with E-state index in [2.05, 4.69) is 4.74 Å². The van der Waals surface area contributed by atoms with Gasteiger partial charge in [-0.05, 0) is 44.2 Å². The molecule has 25 heavy (non-hydrogen) atoms. The monoisotopic (exact) mass is 342 g/mol. The summed E-state index contributed by atoms with van der Waals surface area (Å²) < 4.78 is 21.0. The normalized spacial score (nSPS) is 12.2. The van der Waals surface area contributed by atoms with Gasteiger partial charge < -0.3 is 18.6 Å². The van der Waals surface area contributed by atoms with Crippen LogP contribution in [0.2, 0.25) is 0 Å². The lowest BCUT2D eigenvalue weighted by atomic mass is 10.0. The molecule has 1 atom stereocenters. The Labute approximate surface area is 143 Å². The van der Waals surface area contributed by atoms with Crippen LogP contribution < -0.4 is 15.1 Å². The predicted molar refractivity (Wildman–Crippen MR) is 93.4 cm³/mol. The van der Waals surface area contributed by atoms with E-state index in [9.17, 15) is 9.59 Å². The van der Waals surface area contributed by atoms with Crippen LogP contribution in [0.1, 0.15) is 12.5 Å². The number of carbonyl (C=O) groups excluding carboxylic acids is 1. The molecule has 0 fully saturated rings. The van der Waals surface area contributed by atoms with E-state index in [-0.39, 0.29) is 0 Å².